The van der Waals surface area contributed by atoms with Crippen LogP contribution in [0.15, 0.2) is 66.7 Å². The van der Waals surface area contributed by atoms with E-state index < -0.39 is 4.92 Å². The maximum absolute atomic E-state index is 12.0. The predicted octanol–water partition coefficient (Wildman–Crippen LogP) is 5.16. The first kappa shape index (κ1) is 19.4. The fourth-order valence-electron chi connectivity index (χ4n) is 3.55. The molecule has 6 nitrogen and oxygen atoms in total. The van der Waals surface area contributed by atoms with E-state index in [1.807, 2.05) is 36.4 Å². The van der Waals surface area contributed by atoms with Crippen molar-refractivity contribution in [2.75, 3.05) is 13.7 Å². The van der Waals surface area contributed by atoms with E-state index in [4.69, 9.17) is 9.47 Å². The fraction of sp³-hybridized carbons (Fsp3) is 0.125. The zero-order chi connectivity index (χ0) is 21.3. The number of Topliss-reactive ketones (excluding diaryl/α,β-unsaturated/α-hetero) is 1. The molecular formula is C24H19NO5. The van der Waals surface area contributed by atoms with Crippen molar-refractivity contribution < 1.29 is 19.2 Å². The van der Waals surface area contributed by atoms with E-state index in [0.717, 1.165) is 33.6 Å². The molecular weight excluding hydrogens is 382 g/mol. The van der Waals surface area contributed by atoms with Gasteiger partial charge in [-0.1, -0.05) is 12.1 Å². The van der Waals surface area contributed by atoms with Gasteiger partial charge in [-0.2, -0.15) is 0 Å². The molecule has 3 aromatic rings. The van der Waals surface area contributed by atoms with Crippen LogP contribution < -0.4 is 9.47 Å². The highest BCUT2D eigenvalue weighted by atomic mass is 16.6. The van der Waals surface area contributed by atoms with Crippen LogP contribution in [0.3, 0.4) is 0 Å². The topological polar surface area (TPSA) is 78.7 Å². The molecule has 30 heavy (non-hydrogen) atoms. The van der Waals surface area contributed by atoms with Crippen LogP contribution >= 0.6 is 0 Å². The van der Waals surface area contributed by atoms with Crippen LogP contribution in [-0.2, 0) is 0 Å². The molecule has 0 aliphatic carbocycles. The van der Waals surface area contributed by atoms with Crippen molar-refractivity contribution in [2.24, 2.45) is 0 Å². The Morgan fingerprint density at radius 2 is 1.67 bits per heavy atom. The SMILES string of the molecule is COc1ccc(C2=C(c3ccc([N+](=O)[O-])cc3)COc3ccc(C(C)=O)cc32)cc1. The van der Waals surface area contributed by atoms with E-state index in [2.05, 4.69) is 0 Å². The van der Waals surface area contributed by atoms with Crippen molar-refractivity contribution in [1.29, 1.82) is 0 Å². The van der Waals surface area contributed by atoms with Gasteiger partial charge in [0.25, 0.3) is 5.69 Å². The standard InChI is InChI=1S/C24H19NO5/c1-15(26)18-7-12-23-21(13-18)24(17-5-10-20(29-2)11-6-17)22(14-30-23)16-3-8-19(9-4-16)25(27)28/h3-13H,14H2,1-2H3. The van der Waals surface area contributed by atoms with Crippen LogP contribution in [0.2, 0.25) is 0 Å². The number of methoxy groups -OCH3 is 1. The van der Waals surface area contributed by atoms with Crippen LogP contribution in [0.25, 0.3) is 11.1 Å². The lowest BCUT2D eigenvalue weighted by Crippen LogP contribution is -2.12. The number of rotatable bonds is 5. The Bertz CT molecular complexity index is 1160. The molecule has 6 heteroatoms. The van der Waals surface area contributed by atoms with Crippen molar-refractivity contribution in [2.45, 2.75) is 6.92 Å². The van der Waals surface area contributed by atoms with Gasteiger partial charge in [-0.05, 0) is 66.1 Å². The third-order valence-electron chi connectivity index (χ3n) is 5.13. The minimum absolute atomic E-state index is 0.0290. The number of non-ortho nitro benzene ring substituents is 1. The summed E-state index contributed by atoms with van der Waals surface area (Å²) in [7, 11) is 1.61. The van der Waals surface area contributed by atoms with Crippen LogP contribution in [0.1, 0.15) is 34.0 Å². The third-order valence-corrected chi connectivity index (χ3v) is 5.13. The molecule has 0 saturated heterocycles. The van der Waals surface area contributed by atoms with E-state index >= 15 is 0 Å². The molecule has 0 aromatic heterocycles. The Balaban J connectivity index is 1.94. The monoisotopic (exact) mass is 401 g/mol. The van der Waals surface area contributed by atoms with Gasteiger partial charge in [0.2, 0.25) is 0 Å². The molecule has 0 amide bonds. The molecule has 1 aliphatic rings. The summed E-state index contributed by atoms with van der Waals surface area (Å²) in [5, 5.41) is 11.0. The van der Waals surface area contributed by atoms with E-state index in [-0.39, 0.29) is 11.5 Å². The average molecular weight is 401 g/mol. The van der Waals surface area contributed by atoms with Crippen LogP contribution in [0.5, 0.6) is 11.5 Å². The number of fused-ring (bicyclic) bond motifs is 1. The molecule has 1 heterocycles. The second-order valence-corrected chi connectivity index (χ2v) is 6.94. The summed E-state index contributed by atoms with van der Waals surface area (Å²) in [5.74, 6) is 1.40. The number of nitrogens with zero attached hydrogens (tertiary/aromatic N) is 1. The van der Waals surface area contributed by atoms with E-state index in [0.29, 0.717) is 17.9 Å². The first-order valence-corrected chi connectivity index (χ1v) is 9.38. The second kappa shape index (κ2) is 7.83. The normalized spacial score (nSPS) is 12.7. The number of ether oxygens (including phenoxy) is 2. The lowest BCUT2D eigenvalue weighted by molar-refractivity contribution is -0.384. The molecule has 150 valence electrons. The number of nitro groups is 1. The van der Waals surface area contributed by atoms with Gasteiger partial charge < -0.3 is 9.47 Å². The van der Waals surface area contributed by atoms with Crippen LogP contribution in [-0.4, -0.2) is 24.4 Å². The third kappa shape index (κ3) is 3.55. The largest absolute Gasteiger partial charge is 0.497 e. The van der Waals surface area contributed by atoms with Crippen LogP contribution in [0.4, 0.5) is 5.69 Å². The summed E-state index contributed by atoms with van der Waals surface area (Å²) in [6.07, 6.45) is 0. The Morgan fingerprint density at radius 1 is 1.00 bits per heavy atom. The highest BCUT2D eigenvalue weighted by molar-refractivity contribution is 6.03. The van der Waals surface area contributed by atoms with Crippen molar-refractivity contribution in [3.63, 3.8) is 0 Å². The average Bonchev–Trinajstić information content (AvgIpc) is 2.78. The first-order chi connectivity index (χ1) is 14.5. The van der Waals surface area contributed by atoms with Crippen molar-refractivity contribution in [1.82, 2.24) is 0 Å². The number of hydrogen-bond acceptors (Lipinski definition) is 5. The van der Waals surface area contributed by atoms with E-state index in [1.165, 1.54) is 19.1 Å². The predicted molar refractivity (Wildman–Crippen MR) is 114 cm³/mol. The molecule has 3 aromatic carbocycles. The van der Waals surface area contributed by atoms with Gasteiger partial charge in [0.05, 0.1) is 12.0 Å². The number of carbonyl (C=O) groups is 1. The Hall–Kier alpha value is -3.93. The van der Waals surface area contributed by atoms with E-state index in [1.54, 1.807) is 25.3 Å². The zero-order valence-corrected chi connectivity index (χ0v) is 16.5. The molecule has 1 aliphatic heterocycles. The molecule has 0 fully saturated rings. The molecule has 0 bridgehead atoms. The second-order valence-electron chi connectivity index (χ2n) is 6.94. The smallest absolute Gasteiger partial charge is 0.269 e. The summed E-state index contributed by atoms with van der Waals surface area (Å²) in [6, 6.07) is 19.5. The summed E-state index contributed by atoms with van der Waals surface area (Å²) in [6.45, 7) is 1.84. The highest BCUT2D eigenvalue weighted by Crippen LogP contribution is 2.42. The molecule has 0 spiro atoms. The maximum Gasteiger partial charge on any atom is 0.269 e. The Morgan fingerprint density at radius 3 is 2.27 bits per heavy atom. The molecule has 0 N–H and O–H groups in total. The minimum atomic E-state index is -0.422. The molecule has 0 atom stereocenters. The van der Waals surface area contributed by atoms with Crippen LogP contribution in [0, 0.1) is 10.1 Å². The number of hydrogen-bond donors (Lipinski definition) is 0. The lowest BCUT2D eigenvalue weighted by Gasteiger charge is -2.25. The van der Waals surface area contributed by atoms with Gasteiger partial charge in [-0.15, -0.1) is 0 Å². The van der Waals surface area contributed by atoms with Gasteiger partial charge in [0, 0.05) is 28.8 Å². The van der Waals surface area contributed by atoms with Gasteiger partial charge >= 0.3 is 0 Å². The van der Waals surface area contributed by atoms with Gasteiger partial charge in [-0.3, -0.25) is 14.9 Å². The first-order valence-electron chi connectivity index (χ1n) is 9.38. The fourth-order valence-corrected chi connectivity index (χ4v) is 3.55. The molecule has 4 rings (SSSR count). The van der Waals surface area contributed by atoms with E-state index in [9.17, 15) is 14.9 Å². The Labute approximate surface area is 173 Å². The van der Waals surface area contributed by atoms with Crippen molar-refractivity contribution in [3.8, 4) is 11.5 Å². The van der Waals surface area contributed by atoms with Gasteiger partial charge in [-0.25, -0.2) is 0 Å². The molecule has 0 saturated carbocycles. The van der Waals surface area contributed by atoms with Gasteiger partial charge in [0.15, 0.2) is 5.78 Å². The summed E-state index contributed by atoms with van der Waals surface area (Å²) in [4.78, 5) is 22.6. The number of nitro benzene ring substituents is 1. The minimum Gasteiger partial charge on any atom is -0.497 e. The molecule has 0 unspecified atom stereocenters. The number of ketones is 1. The zero-order valence-electron chi connectivity index (χ0n) is 16.5. The summed E-state index contributed by atoms with van der Waals surface area (Å²) < 4.78 is 11.2. The summed E-state index contributed by atoms with van der Waals surface area (Å²) >= 11 is 0. The summed E-state index contributed by atoms with van der Waals surface area (Å²) in [5.41, 5.74) is 5.01. The number of carbonyl (C=O) groups excluding carboxylic acids is 1. The quantitative estimate of drug-likeness (QED) is 0.335. The number of benzene rings is 3. The lowest BCUT2D eigenvalue weighted by atomic mass is 9.86. The maximum atomic E-state index is 12.0. The molecule has 0 radical (unpaired) electrons. The Kier molecular flexibility index (Phi) is 5.06. The van der Waals surface area contributed by atoms with Crippen molar-refractivity contribution >= 4 is 22.6 Å². The van der Waals surface area contributed by atoms with Gasteiger partial charge in [0.1, 0.15) is 18.1 Å². The van der Waals surface area contributed by atoms with Crippen molar-refractivity contribution in [3.05, 3.63) is 99.1 Å². The highest BCUT2D eigenvalue weighted by Gasteiger charge is 2.24.